The number of hydrogen-bond acceptors (Lipinski definition) is 1. The highest BCUT2D eigenvalue weighted by molar-refractivity contribution is 6.69. The fraction of sp³-hybridized carbons (Fsp3) is 0. The number of aromatic nitrogens is 2. The maximum Gasteiger partial charge on any atom is 0.145 e. The van der Waals surface area contributed by atoms with Gasteiger partial charge in [0.15, 0.2) is 0 Å². The Kier molecular flexibility index (Phi) is 6.80. The lowest BCUT2D eigenvalue weighted by Crippen LogP contribution is -2.55. The van der Waals surface area contributed by atoms with Crippen molar-refractivity contribution < 1.29 is 0 Å². The van der Waals surface area contributed by atoms with Gasteiger partial charge in [-0.15, -0.1) is 16.4 Å². The van der Waals surface area contributed by atoms with Gasteiger partial charge in [0.05, 0.1) is 16.7 Å². The molecule has 1 aromatic heterocycles. The maximum absolute atomic E-state index is 5.24. The zero-order valence-corrected chi connectivity index (χ0v) is 27.0. The Labute approximate surface area is 274 Å². The van der Waals surface area contributed by atoms with E-state index in [-0.39, 0.29) is 0 Å². The van der Waals surface area contributed by atoms with Crippen molar-refractivity contribution in [2.45, 2.75) is 0 Å². The minimum Gasteiger partial charge on any atom is -0.291 e. The number of hydrogen-bond donors (Lipinski definition) is 0. The molecule has 0 N–H and O–H groups in total. The Hall–Kier alpha value is -5.15. The first-order chi connectivity index (χ1) is 22.4. The van der Waals surface area contributed by atoms with Crippen LogP contribution < -0.4 is 27.3 Å². The van der Waals surface area contributed by atoms with Crippen LogP contribution in [-0.4, -0.2) is 48.8 Å². The summed E-state index contributed by atoms with van der Waals surface area (Å²) in [6.07, 6.45) is 0. The van der Waals surface area contributed by atoms with Gasteiger partial charge in [0, 0.05) is 16.3 Å². The summed E-state index contributed by atoms with van der Waals surface area (Å²) < 4.78 is 2.40. The zero-order chi connectivity index (χ0) is 31.5. The van der Waals surface area contributed by atoms with E-state index in [1.54, 1.807) is 0 Å². The van der Waals surface area contributed by atoms with E-state index in [0.29, 0.717) is 0 Å². The smallest absolute Gasteiger partial charge is 0.145 e. The van der Waals surface area contributed by atoms with E-state index < -0.39 is 0 Å². The van der Waals surface area contributed by atoms with E-state index in [0.717, 1.165) is 28.1 Å². The van der Waals surface area contributed by atoms with Crippen LogP contribution in [0.5, 0.6) is 0 Å². The highest BCUT2D eigenvalue weighted by Gasteiger charge is 2.24. The van der Waals surface area contributed by atoms with Gasteiger partial charge in [-0.25, -0.2) is 4.98 Å². The Balaban J connectivity index is 1.61. The molecule has 0 unspecified atom stereocenters. The lowest BCUT2D eigenvalue weighted by atomic mass is 9.59. The summed E-state index contributed by atoms with van der Waals surface area (Å²) in [7, 11) is 11.4. The van der Waals surface area contributed by atoms with Crippen LogP contribution in [0.4, 0.5) is 0 Å². The second-order valence-electron chi connectivity index (χ2n) is 12.5. The van der Waals surface area contributed by atoms with Crippen LogP contribution in [0.2, 0.25) is 0 Å². The normalized spacial score (nSPS) is 11.5. The molecule has 0 amide bonds. The molecule has 1 heterocycles. The quantitative estimate of drug-likeness (QED) is 0.228. The Morgan fingerprint density at radius 3 is 1.65 bits per heavy atom. The van der Waals surface area contributed by atoms with Crippen LogP contribution in [0.1, 0.15) is 0 Å². The molecule has 7 heteroatoms. The van der Waals surface area contributed by atoms with E-state index in [4.69, 9.17) is 4.98 Å². The average molecular weight is 582 g/mol. The van der Waals surface area contributed by atoms with E-state index in [1.165, 1.54) is 71.1 Å². The summed E-state index contributed by atoms with van der Waals surface area (Å²) >= 11 is 0. The predicted molar refractivity (Wildman–Crippen MR) is 213 cm³/mol. The number of rotatable bonds is 4. The van der Waals surface area contributed by atoms with Crippen molar-refractivity contribution in [1.29, 1.82) is 0 Å². The predicted octanol–water partition coefficient (Wildman–Crippen LogP) is 1.62. The van der Waals surface area contributed by atoms with Gasteiger partial charge >= 0.3 is 0 Å². The summed E-state index contributed by atoms with van der Waals surface area (Å²) in [6, 6.07) is 45.8. The van der Waals surface area contributed by atoms with E-state index >= 15 is 0 Å². The first kappa shape index (κ1) is 28.3. The van der Waals surface area contributed by atoms with Crippen LogP contribution in [0.3, 0.4) is 0 Å². The molecule has 0 radical (unpaired) electrons. The van der Waals surface area contributed by atoms with Crippen molar-refractivity contribution in [3.8, 4) is 39.3 Å². The largest absolute Gasteiger partial charge is 0.291 e. The number of benzene rings is 7. The third-order valence-electron chi connectivity index (χ3n) is 10.2. The van der Waals surface area contributed by atoms with Gasteiger partial charge in [0.2, 0.25) is 0 Å². The van der Waals surface area contributed by atoms with Gasteiger partial charge in [-0.1, -0.05) is 120 Å². The highest BCUT2D eigenvalue weighted by atomic mass is 15.1. The Bertz CT molecular complexity index is 2440. The molecule has 0 aliphatic heterocycles. The third kappa shape index (κ3) is 4.30. The molecule has 0 bridgehead atoms. The number of imidazole rings is 1. The molecule has 0 aliphatic carbocycles. The van der Waals surface area contributed by atoms with Gasteiger partial charge in [0.1, 0.15) is 45.1 Å². The van der Waals surface area contributed by atoms with Crippen LogP contribution in [0, 0.1) is 0 Å². The number of fused-ring (bicyclic) bond motifs is 3. The molecule has 46 heavy (non-hydrogen) atoms. The molecule has 0 atom stereocenters. The molecule has 8 rings (SSSR count). The van der Waals surface area contributed by atoms with Gasteiger partial charge in [-0.05, 0) is 51.2 Å². The lowest BCUT2D eigenvalue weighted by molar-refractivity contribution is 1.13. The van der Waals surface area contributed by atoms with E-state index in [2.05, 4.69) is 171 Å². The fourth-order valence-electron chi connectivity index (χ4n) is 7.38. The standard InChI is InChI=1S/C39H31B5N2/c40-33-32(34(41)36(43)37(44)35(33)42)31-25-15-7-8-16-26(25)38(27-20-19-24(21-28(27)31)22-11-3-1-4-12-22)46-30-18-10-9-17-29(30)45-39(46)23-13-5-2-6-14-23/h1-21H,40-44H2. The van der Waals surface area contributed by atoms with Crippen molar-refractivity contribution in [2.24, 2.45) is 0 Å². The molecule has 212 valence electrons. The van der Waals surface area contributed by atoms with Crippen LogP contribution >= 0.6 is 0 Å². The van der Waals surface area contributed by atoms with Crippen molar-refractivity contribution >= 4 is 99.1 Å². The highest BCUT2D eigenvalue weighted by Crippen LogP contribution is 2.43. The fourth-order valence-corrected chi connectivity index (χ4v) is 7.38. The summed E-state index contributed by atoms with van der Waals surface area (Å²) in [5.74, 6) is 0.947. The Morgan fingerprint density at radius 1 is 0.413 bits per heavy atom. The Morgan fingerprint density at radius 2 is 0.957 bits per heavy atom. The SMILES string of the molecule is Bc1c(B)c(B)c(-c2c3ccccc3c(-n3c(-c4ccccc4)nc4ccccc43)c3ccc(-c4ccccc4)cc23)c(B)c1B. The summed E-state index contributed by atoms with van der Waals surface area (Å²) in [6.45, 7) is 0. The van der Waals surface area contributed by atoms with E-state index in [9.17, 15) is 0 Å². The summed E-state index contributed by atoms with van der Waals surface area (Å²) in [5.41, 5.74) is 16.2. The second-order valence-corrected chi connectivity index (χ2v) is 12.5. The molecular formula is C39H31B5N2. The first-order valence-electron chi connectivity index (χ1n) is 16.1. The molecular weight excluding hydrogens is 551 g/mol. The zero-order valence-electron chi connectivity index (χ0n) is 27.0. The molecule has 0 spiro atoms. The van der Waals surface area contributed by atoms with Crippen molar-refractivity contribution in [2.75, 3.05) is 0 Å². The summed E-state index contributed by atoms with van der Waals surface area (Å²) in [5, 5.41) is 4.93. The van der Waals surface area contributed by atoms with Gasteiger partial charge in [-0.2, -0.15) is 0 Å². The first-order valence-corrected chi connectivity index (χ1v) is 16.1. The molecule has 8 aromatic rings. The molecule has 0 fully saturated rings. The van der Waals surface area contributed by atoms with Crippen LogP contribution in [0.25, 0.3) is 71.9 Å². The molecule has 2 nitrogen and oxygen atoms in total. The number of para-hydroxylation sites is 2. The maximum atomic E-state index is 5.24. The second kappa shape index (κ2) is 11.0. The molecule has 7 aromatic carbocycles. The van der Waals surface area contributed by atoms with E-state index in [1.807, 2.05) is 0 Å². The molecule has 0 saturated carbocycles. The van der Waals surface area contributed by atoms with Gasteiger partial charge < -0.3 is 0 Å². The molecule has 0 aliphatic rings. The molecule has 0 saturated heterocycles. The van der Waals surface area contributed by atoms with Crippen molar-refractivity contribution in [3.63, 3.8) is 0 Å². The number of nitrogens with zero attached hydrogens (tertiary/aromatic N) is 2. The monoisotopic (exact) mass is 582 g/mol. The summed E-state index contributed by atoms with van der Waals surface area (Å²) in [4.78, 5) is 5.24. The van der Waals surface area contributed by atoms with Gasteiger partial charge in [-0.3, -0.25) is 4.57 Å². The minimum atomic E-state index is 0.947. The average Bonchev–Trinajstić information content (AvgIpc) is 3.49. The van der Waals surface area contributed by atoms with Crippen LogP contribution in [0.15, 0.2) is 127 Å². The topological polar surface area (TPSA) is 17.8 Å². The van der Waals surface area contributed by atoms with Crippen molar-refractivity contribution in [3.05, 3.63) is 127 Å². The lowest BCUT2D eigenvalue weighted by Gasteiger charge is -2.25. The van der Waals surface area contributed by atoms with Crippen molar-refractivity contribution in [1.82, 2.24) is 9.55 Å². The van der Waals surface area contributed by atoms with Crippen LogP contribution in [-0.2, 0) is 0 Å². The minimum absolute atomic E-state index is 0.947. The van der Waals surface area contributed by atoms with Gasteiger partial charge in [0.25, 0.3) is 0 Å². The third-order valence-corrected chi connectivity index (χ3v) is 10.2.